The lowest BCUT2D eigenvalue weighted by Gasteiger charge is -2.33. The summed E-state index contributed by atoms with van der Waals surface area (Å²) in [6, 6.07) is 91.8. The van der Waals surface area contributed by atoms with Crippen LogP contribution in [0.25, 0.3) is 55.6 Å². The largest absolute Gasteiger partial charge is 0.310 e. The van der Waals surface area contributed by atoms with E-state index in [1.165, 1.54) is 89.0 Å². The van der Waals surface area contributed by atoms with Gasteiger partial charge in [-0.05, 0) is 120 Å². The van der Waals surface area contributed by atoms with Crippen molar-refractivity contribution in [3.63, 3.8) is 0 Å². The molecule has 12 rings (SSSR count). The second kappa shape index (κ2) is 15.4. The van der Waals surface area contributed by atoms with Crippen molar-refractivity contribution in [2.45, 2.75) is 24.7 Å². The predicted octanol–water partition coefficient (Wildman–Crippen LogP) is 16.8. The Morgan fingerprint density at radius 3 is 1.38 bits per heavy atom. The fraction of sp³-hybridized carbons (Fsp3) is 0.0625. The smallest absolute Gasteiger partial charge is 0.0713 e. The van der Waals surface area contributed by atoms with E-state index < -0.39 is 5.41 Å². The Labute approximate surface area is 382 Å². The third kappa shape index (κ3) is 6.07. The van der Waals surface area contributed by atoms with E-state index >= 15 is 0 Å². The molecule has 0 atom stereocenters. The van der Waals surface area contributed by atoms with E-state index in [0.717, 1.165) is 17.1 Å². The lowest BCUT2D eigenvalue weighted by atomic mass is 9.67. The minimum atomic E-state index is -0.419. The molecule has 0 spiro atoms. The van der Waals surface area contributed by atoms with Gasteiger partial charge in [0.1, 0.15) is 0 Å². The zero-order valence-corrected chi connectivity index (χ0v) is 36.6. The van der Waals surface area contributed by atoms with Crippen molar-refractivity contribution in [1.82, 2.24) is 0 Å². The molecule has 10 aromatic rings. The third-order valence-electron chi connectivity index (χ3n) is 14.2. The second-order valence-electron chi connectivity index (χ2n) is 18.0. The zero-order valence-electron chi connectivity index (χ0n) is 36.6. The summed E-state index contributed by atoms with van der Waals surface area (Å²) in [5.74, 6) is 0. The van der Waals surface area contributed by atoms with Crippen molar-refractivity contribution < 1.29 is 0 Å². The van der Waals surface area contributed by atoms with Gasteiger partial charge >= 0.3 is 0 Å². The summed E-state index contributed by atoms with van der Waals surface area (Å²) < 4.78 is 0. The van der Waals surface area contributed by atoms with Crippen molar-refractivity contribution >= 4 is 17.1 Å². The molecule has 0 fully saturated rings. The average Bonchev–Trinajstić information content (AvgIpc) is 3.81. The molecule has 65 heavy (non-hydrogen) atoms. The molecule has 0 saturated carbocycles. The van der Waals surface area contributed by atoms with Gasteiger partial charge in [-0.1, -0.05) is 226 Å². The standard InChI is InChI=1S/C64H47N/c1-63(2)57-29-15-13-27-55(57)62-54(28-18-31-60(62)63)53-26-14-17-32-61(53)65(50-38-33-45(34-39-50)44-19-6-3-7-20-44)51-40-35-46(36-41-51)47-37-42-59-56(43-47)52-25-12-16-30-58(52)64(59,48-21-8-4-9-22-48)49-23-10-5-11-24-49/h3-43H,1-2H3. The van der Waals surface area contributed by atoms with Crippen molar-refractivity contribution in [3.8, 4) is 55.6 Å². The minimum absolute atomic E-state index is 0.0934. The Morgan fingerprint density at radius 1 is 0.292 bits per heavy atom. The number of benzene rings is 10. The average molecular weight is 830 g/mol. The van der Waals surface area contributed by atoms with Crippen LogP contribution in [0.3, 0.4) is 0 Å². The van der Waals surface area contributed by atoms with Crippen LogP contribution in [0.4, 0.5) is 17.1 Å². The van der Waals surface area contributed by atoms with Gasteiger partial charge in [0.25, 0.3) is 0 Å². The number of hydrogen-bond acceptors (Lipinski definition) is 1. The predicted molar refractivity (Wildman–Crippen MR) is 272 cm³/mol. The number of fused-ring (bicyclic) bond motifs is 6. The van der Waals surface area contributed by atoms with Crippen LogP contribution in [0, 0.1) is 0 Å². The molecule has 0 heterocycles. The van der Waals surface area contributed by atoms with Gasteiger partial charge in [0, 0.05) is 22.4 Å². The molecule has 0 amide bonds. The summed E-state index contributed by atoms with van der Waals surface area (Å²) in [7, 11) is 0. The maximum absolute atomic E-state index is 2.44. The maximum atomic E-state index is 2.44. The van der Waals surface area contributed by atoms with Gasteiger partial charge in [-0.25, -0.2) is 0 Å². The number of nitrogens with zero attached hydrogens (tertiary/aromatic N) is 1. The quantitative estimate of drug-likeness (QED) is 0.147. The number of para-hydroxylation sites is 1. The van der Waals surface area contributed by atoms with Crippen LogP contribution in [0.1, 0.15) is 47.2 Å². The van der Waals surface area contributed by atoms with Gasteiger partial charge in [-0.15, -0.1) is 0 Å². The third-order valence-corrected chi connectivity index (χ3v) is 14.2. The Hall–Kier alpha value is -8.00. The summed E-state index contributed by atoms with van der Waals surface area (Å²) in [6.07, 6.45) is 0. The van der Waals surface area contributed by atoms with Crippen molar-refractivity contribution in [2.75, 3.05) is 4.90 Å². The Kier molecular flexibility index (Phi) is 9.14. The van der Waals surface area contributed by atoms with Crippen LogP contribution in [-0.4, -0.2) is 0 Å². The van der Waals surface area contributed by atoms with E-state index in [-0.39, 0.29) is 5.41 Å². The Balaban J connectivity index is 0.993. The van der Waals surface area contributed by atoms with Gasteiger partial charge in [0.2, 0.25) is 0 Å². The molecule has 2 aliphatic rings. The molecule has 0 aromatic heterocycles. The normalized spacial score (nSPS) is 13.6. The Bertz CT molecular complexity index is 3320. The van der Waals surface area contributed by atoms with Crippen molar-refractivity contribution in [3.05, 3.63) is 282 Å². The monoisotopic (exact) mass is 829 g/mol. The van der Waals surface area contributed by atoms with Crippen LogP contribution >= 0.6 is 0 Å². The van der Waals surface area contributed by atoms with Crippen molar-refractivity contribution in [1.29, 1.82) is 0 Å². The summed E-state index contributed by atoms with van der Waals surface area (Å²) in [5, 5.41) is 0. The molecule has 0 aliphatic heterocycles. The molecule has 0 bridgehead atoms. The number of rotatable bonds is 8. The van der Waals surface area contributed by atoms with Gasteiger partial charge in [0.05, 0.1) is 11.1 Å². The van der Waals surface area contributed by atoms with Crippen LogP contribution in [-0.2, 0) is 10.8 Å². The molecule has 2 aliphatic carbocycles. The second-order valence-corrected chi connectivity index (χ2v) is 18.0. The molecule has 1 heteroatoms. The van der Waals surface area contributed by atoms with E-state index in [0.29, 0.717) is 0 Å². The molecule has 0 radical (unpaired) electrons. The first-order valence-corrected chi connectivity index (χ1v) is 22.8. The number of anilines is 3. The lowest BCUT2D eigenvalue weighted by Crippen LogP contribution is -2.28. The van der Waals surface area contributed by atoms with E-state index in [4.69, 9.17) is 0 Å². The van der Waals surface area contributed by atoms with Gasteiger partial charge < -0.3 is 4.90 Å². The topological polar surface area (TPSA) is 3.24 Å². The zero-order chi connectivity index (χ0) is 43.5. The molecule has 0 saturated heterocycles. The highest BCUT2D eigenvalue weighted by atomic mass is 15.1. The van der Waals surface area contributed by atoms with Gasteiger partial charge in [-0.2, -0.15) is 0 Å². The molecule has 0 unspecified atom stereocenters. The summed E-state index contributed by atoms with van der Waals surface area (Å²) in [4.78, 5) is 2.44. The molecule has 308 valence electrons. The van der Waals surface area contributed by atoms with Crippen LogP contribution in [0.2, 0.25) is 0 Å². The molecule has 0 N–H and O–H groups in total. The Morgan fingerprint density at radius 2 is 0.738 bits per heavy atom. The molecular formula is C64H47N. The van der Waals surface area contributed by atoms with Crippen LogP contribution in [0.15, 0.2) is 249 Å². The SMILES string of the molecule is CC1(C)c2ccccc2-c2c(-c3ccccc3N(c3ccc(-c4ccccc4)cc3)c3ccc(-c4ccc5c(c4)-c4ccccc4C5(c4ccccc4)c4ccccc4)cc3)cccc21. The lowest BCUT2D eigenvalue weighted by molar-refractivity contribution is 0.660. The molecule has 10 aromatic carbocycles. The summed E-state index contributed by atoms with van der Waals surface area (Å²) in [5.41, 5.74) is 23.2. The molecular weight excluding hydrogens is 783 g/mol. The first kappa shape index (κ1) is 38.7. The first-order valence-electron chi connectivity index (χ1n) is 22.8. The summed E-state index contributed by atoms with van der Waals surface area (Å²) in [6.45, 7) is 4.72. The summed E-state index contributed by atoms with van der Waals surface area (Å²) >= 11 is 0. The highest BCUT2D eigenvalue weighted by Crippen LogP contribution is 2.57. The molecule has 1 nitrogen and oxygen atoms in total. The van der Waals surface area contributed by atoms with Gasteiger partial charge in [-0.3, -0.25) is 0 Å². The van der Waals surface area contributed by atoms with E-state index in [1.54, 1.807) is 0 Å². The highest BCUT2D eigenvalue weighted by Gasteiger charge is 2.46. The number of hydrogen-bond donors (Lipinski definition) is 0. The van der Waals surface area contributed by atoms with E-state index in [9.17, 15) is 0 Å². The van der Waals surface area contributed by atoms with Crippen LogP contribution < -0.4 is 4.90 Å². The maximum Gasteiger partial charge on any atom is 0.0713 e. The van der Waals surface area contributed by atoms with E-state index in [1.807, 2.05) is 0 Å². The first-order chi connectivity index (χ1) is 32.0. The highest BCUT2D eigenvalue weighted by molar-refractivity contribution is 5.98. The van der Waals surface area contributed by atoms with Crippen LogP contribution in [0.5, 0.6) is 0 Å². The van der Waals surface area contributed by atoms with Gasteiger partial charge in [0.15, 0.2) is 0 Å². The fourth-order valence-corrected chi connectivity index (χ4v) is 11.2. The van der Waals surface area contributed by atoms with E-state index in [2.05, 4.69) is 267 Å². The fourth-order valence-electron chi connectivity index (χ4n) is 11.2. The van der Waals surface area contributed by atoms with Crippen molar-refractivity contribution in [2.24, 2.45) is 0 Å². The minimum Gasteiger partial charge on any atom is -0.310 e.